The van der Waals surface area contributed by atoms with Gasteiger partial charge in [0.2, 0.25) is 5.91 Å². The number of rotatable bonds is 8. The molecular weight excluding hydrogens is 373 g/mol. The summed E-state index contributed by atoms with van der Waals surface area (Å²) in [6.07, 6.45) is 0.713. The van der Waals surface area contributed by atoms with Gasteiger partial charge in [0.1, 0.15) is 11.6 Å². The standard InChI is InChI=1S/C22H22FN3O3/c1-2-29-19-11-9-18(10-12-19)24-21(27)4-3-15-26-22(28)14-13-20(25-26)16-5-7-17(23)8-6-16/h5-14H,2-4,15H2,1H3,(H,24,27). The van der Waals surface area contributed by atoms with Gasteiger partial charge in [-0.3, -0.25) is 9.59 Å². The zero-order valence-electron chi connectivity index (χ0n) is 16.1. The lowest BCUT2D eigenvalue weighted by Crippen LogP contribution is -2.23. The number of carbonyl (C=O) groups excluding carboxylic acids is 1. The molecule has 3 aromatic rings. The molecule has 0 saturated carbocycles. The summed E-state index contributed by atoms with van der Waals surface area (Å²) in [5, 5.41) is 7.13. The second-order valence-corrected chi connectivity index (χ2v) is 6.40. The largest absolute Gasteiger partial charge is 0.494 e. The Balaban J connectivity index is 1.55. The van der Waals surface area contributed by atoms with Crippen LogP contribution in [-0.2, 0) is 11.3 Å². The molecule has 29 heavy (non-hydrogen) atoms. The lowest BCUT2D eigenvalue weighted by Gasteiger charge is -2.09. The second kappa shape index (κ2) is 9.64. The van der Waals surface area contributed by atoms with Gasteiger partial charge < -0.3 is 10.1 Å². The van der Waals surface area contributed by atoms with Crippen LogP contribution >= 0.6 is 0 Å². The van der Waals surface area contributed by atoms with Crippen LogP contribution < -0.4 is 15.6 Å². The van der Waals surface area contributed by atoms with Crippen LogP contribution in [0.25, 0.3) is 11.3 Å². The van der Waals surface area contributed by atoms with Crippen molar-refractivity contribution in [3.63, 3.8) is 0 Å². The first-order valence-electron chi connectivity index (χ1n) is 9.42. The summed E-state index contributed by atoms with van der Waals surface area (Å²) in [5.74, 6) is 0.273. The van der Waals surface area contributed by atoms with Crippen LogP contribution in [0.1, 0.15) is 19.8 Å². The summed E-state index contributed by atoms with van der Waals surface area (Å²) in [6.45, 7) is 2.80. The number of hydrogen-bond acceptors (Lipinski definition) is 4. The van der Waals surface area contributed by atoms with E-state index in [9.17, 15) is 14.0 Å². The molecule has 0 aliphatic carbocycles. The van der Waals surface area contributed by atoms with Crippen LogP contribution in [0, 0.1) is 5.82 Å². The fourth-order valence-electron chi connectivity index (χ4n) is 2.80. The molecule has 0 atom stereocenters. The summed E-state index contributed by atoms with van der Waals surface area (Å²) in [6, 6.07) is 16.1. The number of ether oxygens (including phenoxy) is 1. The van der Waals surface area contributed by atoms with Gasteiger partial charge in [0, 0.05) is 30.3 Å². The first kappa shape index (κ1) is 20.3. The molecule has 0 aliphatic rings. The number of nitrogens with one attached hydrogen (secondary N) is 1. The molecule has 1 amide bonds. The van der Waals surface area contributed by atoms with Crippen LogP contribution in [0.4, 0.5) is 10.1 Å². The van der Waals surface area contributed by atoms with Crippen molar-refractivity contribution in [3.05, 3.63) is 76.8 Å². The SMILES string of the molecule is CCOc1ccc(NC(=O)CCCn2nc(-c3ccc(F)cc3)ccc2=O)cc1. The highest BCUT2D eigenvalue weighted by atomic mass is 19.1. The summed E-state index contributed by atoms with van der Waals surface area (Å²) in [5.41, 5.74) is 1.73. The molecule has 0 aliphatic heterocycles. The number of amides is 1. The van der Waals surface area contributed by atoms with Crippen molar-refractivity contribution in [2.24, 2.45) is 0 Å². The van der Waals surface area contributed by atoms with Crippen molar-refractivity contribution >= 4 is 11.6 Å². The molecular formula is C22H22FN3O3. The maximum atomic E-state index is 13.1. The number of nitrogens with zero attached hydrogens (tertiary/aromatic N) is 2. The molecule has 2 aromatic carbocycles. The molecule has 3 rings (SSSR count). The topological polar surface area (TPSA) is 73.2 Å². The van der Waals surface area contributed by atoms with Crippen molar-refractivity contribution in [3.8, 4) is 17.0 Å². The van der Waals surface area contributed by atoms with E-state index in [-0.39, 0.29) is 23.7 Å². The van der Waals surface area contributed by atoms with E-state index in [1.54, 1.807) is 42.5 Å². The molecule has 1 aromatic heterocycles. The van der Waals surface area contributed by atoms with E-state index in [1.807, 2.05) is 6.92 Å². The number of aryl methyl sites for hydroxylation is 1. The van der Waals surface area contributed by atoms with Gasteiger partial charge in [-0.1, -0.05) is 0 Å². The highest BCUT2D eigenvalue weighted by Crippen LogP contribution is 2.17. The molecule has 0 unspecified atom stereocenters. The average molecular weight is 395 g/mol. The maximum Gasteiger partial charge on any atom is 0.266 e. The summed E-state index contributed by atoms with van der Waals surface area (Å²) in [4.78, 5) is 24.2. The second-order valence-electron chi connectivity index (χ2n) is 6.40. The summed E-state index contributed by atoms with van der Waals surface area (Å²) >= 11 is 0. The van der Waals surface area contributed by atoms with E-state index in [1.165, 1.54) is 22.9 Å². The maximum absolute atomic E-state index is 13.1. The van der Waals surface area contributed by atoms with Crippen LogP contribution in [0.15, 0.2) is 65.5 Å². The first-order chi connectivity index (χ1) is 14.0. The third-order valence-electron chi connectivity index (χ3n) is 4.23. The molecule has 1 N–H and O–H groups in total. The number of aromatic nitrogens is 2. The van der Waals surface area contributed by atoms with Crippen molar-refractivity contribution in [1.82, 2.24) is 9.78 Å². The van der Waals surface area contributed by atoms with E-state index in [0.717, 1.165) is 5.75 Å². The monoisotopic (exact) mass is 395 g/mol. The first-order valence-corrected chi connectivity index (χ1v) is 9.42. The number of anilines is 1. The quantitative estimate of drug-likeness (QED) is 0.628. The lowest BCUT2D eigenvalue weighted by molar-refractivity contribution is -0.116. The highest BCUT2D eigenvalue weighted by molar-refractivity contribution is 5.90. The van der Waals surface area contributed by atoms with Crippen molar-refractivity contribution in [1.29, 1.82) is 0 Å². The molecule has 0 fully saturated rings. The molecule has 0 bridgehead atoms. The lowest BCUT2D eigenvalue weighted by atomic mass is 10.1. The Kier molecular flexibility index (Phi) is 6.73. The van der Waals surface area contributed by atoms with Crippen molar-refractivity contribution in [2.75, 3.05) is 11.9 Å². The minimum Gasteiger partial charge on any atom is -0.494 e. The minimum absolute atomic E-state index is 0.142. The third-order valence-corrected chi connectivity index (χ3v) is 4.23. The van der Waals surface area contributed by atoms with Gasteiger partial charge in [-0.25, -0.2) is 9.07 Å². The van der Waals surface area contributed by atoms with Crippen LogP contribution in [0.3, 0.4) is 0 Å². The van der Waals surface area contributed by atoms with E-state index in [2.05, 4.69) is 10.4 Å². The average Bonchev–Trinajstić information content (AvgIpc) is 2.72. The normalized spacial score (nSPS) is 10.6. The van der Waals surface area contributed by atoms with Crippen LogP contribution in [0.5, 0.6) is 5.75 Å². The van der Waals surface area contributed by atoms with Crippen LogP contribution in [0.2, 0.25) is 0 Å². The van der Waals surface area contributed by atoms with E-state index in [0.29, 0.717) is 36.5 Å². The van der Waals surface area contributed by atoms with Gasteiger partial charge in [0.15, 0.2) is 0 Å². The third kappa shape index (κ3) is 5.75. The smallest absolute Gasteiger partial charge is 0.266 e. The minimum atomic E-state index is -0.333. The Hall–Kier alpha value is -3.48. The number of benzene rings is 2. The number of halogens is 1. The Bertz CT molecular complexity index is 1010. The van der Waals surface area contributed by atoms with E-state index in [4.69, 9.17) is 4.74 Å². The molecule has 1 heterocycles. The van der Waals surface area contributed by atoms with E-state index < -0.39 is 0 Å². The van der Waals surface area contributed by atoms with Crippen molar-refractivity contribution < 1.29 is 13.9 Å². The van der Waals surface area contributed by atoms with Crippen LogP contribution in [-0.4, -0.2) is 22.3 Å². The fourth-order valence-corrected chi connectivity index (χ4v) is 2.80. The Morgan fingerprint density at radius 3 is 2.48 bits per heavy atom. The molecule has 6 nitrogen and oxygen atoms in total. The fraction of sp³-hybridized carbons (Fsp3) is 0.227. The molecule has 150 valence electrons. The predicted octanol–water partition coefficient (Wildman–Crippen LogP) is 3.87. The summed E-state index contributed by atoms with van der Waals surface area (Å²) in [7, 11) is 0. The highest BCUT2D eigenvalue weighted by Gasteiger charge is 2.07. The van der Waals surface area contributed by atoms with Gasteiger partial charge in [-0.15, -0.1) is 0 Å². The Morgan fingerprint density at radius 2 is 1.79 bits per heavy atom. The predicted molar refractivity (Wildman–Crippen MR) is 109 cm³/mol. The van der Waals surface area contributed by atoms with Gasteiger partial charge in [0.25, 0.3) is 5.56 Å². The Morgan fingerprint density at radius 1 is 1.07 bits per heavy atom. The Labute approximate surface area is 168 Å². The van der Waals surface area contributed by atoms with Gasteiger partial charge in [0.05, 0.1) is 12.3 Å². The zero-order chi connectivity index (χ0) is 20.6. The van der Waals surface area contributed by atoms with E-state index >= 15 is 0 Å². The number of carbonyl (C=O) groups is 1. The zero-order valence-corrected chi connectivity index (χ0v) is 16.1. The molecule has 0 radical (unpaired) electrons. The van der Waals surface area contributed by atoms with Gasteiger partial charge in [-0.2, -0.15) is 5.10 Å². The molecule has 7 heteroatoms. The summed E-state index contributed by atoms with van der Waals surface area (Å²) < 4.78 is 19.8. The number of hydrogen-bond donors (Lipinski definition) is 1. The van der Waals surface area contributed by atoms with Crippen molar-refractivity contribution in [2.45, 2.75) is 26.3 Å². The molecule has 0 spiro atoms. The molecule has 0 saturated heterocycles. The van der Waals surface area contributed by atoms with Gasteiger partial charge >= 0.3 is 0 Å². The van der Waals surface area contributed by atoms with Gasteiger partial charge in [-0.05, 0) is 67.9 Å².